The van der Waals surface area contributed by atoms with Gasteiger partial charge in [-0.2, -0.15) is 0 Å². The van der Waals surface area contributed by atoms with Crippen LogP contribution in [0.2, 0.25) is 0 Å². The van der Waals surface area contributed by atoms with Crippen LogP contribution in [-0.4, -0.2) is 44.3 Å². The van der Waals surface area contributed by atoms with Crippen LogP contribution in [0.25, 0.3) is 0 Å². The maximum atomic E-state index is 6.06. The van der Waals surface area contributed by atoms with Crippen LogP contribution in [0.1, 0.15) is 12.8 Å². The molecule has 1 atom stereocenters. The summed E-state index contributed by atoms with van der Waals surface area (Å²) < 4.78 is 5.25. The minimum absolute atomic E-state index is 0.0374. The van der Waals surface area contributed by atoms with Gasteiger partial charge in [-0.05, 0) is 33.5 Å². The Hall–Kier alpha value is -0.120. The van der Waals surface area contributed by atoms with Crippen molar-refractivity contribution in [2.24, 2.45) is 5.73 Å². The Kier molecular flexibility index (Phi) is 2.87. The molecule has 1 aliphatic rings. The molecule has 0 aromatic heterocycles. The second kappa shape index (κ2) is 3.52. The number of rotatable bonds is 3. The van der Waals surface area contributed by atoms with Gasteiger partial charge in [-0.15, -0.1) is 0 Å². The number of ether oxygens (including phenoxy) is 1. The lowest BCUT2D eigenvalue weighted by Gasteiger charge is -2.23. The lowest BCUT2D eigenvalue weighted by atomic mass is 9.96. The minimum atomic E-state index is -0.0374. The highest BCUT2D eigenvalue weighted by Gasteiger charge is 2.29. The van der Waals surface area contributed by atoms with E-state index in [0.29, 0.717) is 0 Å². The fraction of sp³-hybridized carbons (Fsp3) is 1.00. The van der Waals surface area contributed by atoms with Crippen LogP contribution in [0.5, 0.6) is 0 Å². The molecule has 1 saturated heterocycles. The van der Waals surface area contributed by atoms with Gasteiger partial charge in [0.1, 0.15) is 0 Å². The van der Waals surface area contributed by atoms with E-state index in [-0.39, 0.29) is 5.54 Å². The summed E-state index contributed by atoms with van der Waals surface area (Å²) >= 11 is 0. The topological polar surface area (TPSA) is 38.5 Å². The summed E-state index contributed by atoms with van der Waals surface area (Å²) in [4.78, 5) is 2.16. The first-order valence-electron chi connectivity index (χ1n) is 4.14. The predicted octanol–water partition coefficient (Wildman–Crippen LogP) is 0.0559. The monoisotopic (exact) mass is 158 g/mol. The smallest absolute Gasteiger partial charge is 0.0647 e. The highest BCUT2D eigenvalue weighted by molar-refractivity contribution is 4.88. The summed E-state index contributed by atoms with van der Waals surface area (Å²) in [7, 11) is 4.14. The maximum Gasteiger partial charge on any atom is 0.0647 e. The molecule has 3 nitrogen and oxygen atoms in total. The molecule has 0 radical (unpaired) electrons. The summed E-state index contributed by atoms with van der Waals surface area (Å²) in [5.41, 5.74) is 6.02. The standard InChI is InChI=1S/C8H18N2O/c1-10(2)5-3-8(9)4-6-11-7-8/h3-7,9H2,1-2H3. The lowest BCUT2D eigenvalue weighted by Crippen LogP contribution is -2.42. The Bertz CT molecular complexity index is 119. The summed E-state index contributed by atoms with van der Waals surface area (Å²) in [6.45, 7) is 2.63. The summed E-state index contributed by atoms with van der Waals surface area (Å²) in [5.74, 6) is 0. The molecule has 0 spiro atoms. The molecule has 1 fully saturated rings. The molecule has 11 heavy (non-hydrogen) atoms. The van der Waals surface area contributed by atoms with Crippen molar-refractivity contribution in [2.45, 2.75) is 18.4 Å². The van der Waals surface area contributed by atoms with Crippen LogP contribution in [0, 0.1) is 0 Å². The van der Waals surface area contributed by atoms with Crippen molar-refractivity contribution >= 4 is 0 Å². The van der Waals surface area contributed by atoms with Gasteiger partial charge in [-0.3, -0.25) is 0 Å². The second-order valence-corrected chi connectivity index (χ2v) is 3.72. The molecule has 0 saturated carbocycles. The number of nitrogens with two attached hydrogens (primary N) is 1. The quantitative estimate of drug-likeness (QED) is 0.631. The molecule has 2 N–H and O–H groups in total. The van der Waals surface area contributed by atoms with Crippen LogP contribution in [0.3, 0.4) is 0 Å². The molecule has 0 bridgehead atoms. The van der Waals surface area contributed by atoms with E-state index in [4.69, 9.17) is 10.5 Å². The number of hydrogen-bond donors (Lipinski definition) is 1. The van der Waals surface area contributed by atoms with E-state index in [9.17, 15) is 0 Å². The van der Waals surface area contributed by atoms with Crippen LogP contribution in [0.4, 0.5) is 0 Å². The van der Waals surface area contributed by atoms with Gasteiger partial charge in [-0.25, -0.2) is 0 Å². The first-order valence-corrected chi connectivity index (χ1v) is 4.14. The van der Waals surface area contributed by atoms with Crippen LogP contribution >= 0.6 is 0 Å². The molecular weight excluding hydrogens is 140 g/mol. The molecule has 66 valence electrons. The molecule has 0 aromatic carbocycles. The van der Waals surface area contributed by atoms with E-state index >= 15 is 0 Å². The van der Waals surface area contributed by atoms with Gasteiger partial charge in [-0.1, -0.05) is 0 Å². The van der Waals surface area contributed by atoms with Crippen molar-refractivity contribution in [3.63, 3.8) is 0 Å². The van der Waals surface area contributed by atoms with Crippen LogP contribution in [-0.2, 0) is 4.74 Å². The molecule has 1 unspecified atom stereocenters. The molecular formula is C8H18N2O. The van der Waals surface area contributed by atoms with Gasteiger partial charge in [0.25, 0.3) is 0 Å². The Labute approximate surface area is 68.5 Å². The van der Waals surface area contributed by atoms with E-state index in [1.807, 2.05) is 0 Å². The summed E-state index contributed by atoms with van der Waals surface area (Å²) in [6.07, 6.45) is 2.06. The van der Waals surface area contributed by atoms with Gasteiger partial charge in [0, 0.05) is 12.1 Å². The largest absolute Gasteiger partial charge is 0.379 e. The molecule has 1 aliphatic heterocycles. The Morgan fingerprint density at radius 3 is 2.73 bits per heavy atom. The Balaban J connectivity index is 2.23. The number of nitrogens with zero attached hydrogens (tertiary/aromatic N) is 1. The third-order valence-corrected chi connectivity index (χ3v) is 2.19. The molecule has 1 heterocycles. The van der Waals surface area contributed by atoms with E-state index < -0.39 is 0 Å². The van der Waals surface area contributed by atoms with E-state index in [1.165, 1.54) is 0 Å². The Morgan fingerprint density at radius 1 is 1.55 bits per heavy atom. The number of hydrogen-bond acceptors (Lipinski definition) is 3. The van der Waals surface area contributed by atoms with E-state index in [2.05, 4.69) is 19.0 Å². The van der Waals surface area contributed by atoms with Gasteiger partial charge in [0.15, 0.2) is 0 Å². The van der Waals surface area contributed by atoms with E-state index in [0.717, 1.165) is 32.6 Å². The van der Waals surface area contributed by atoms with Crippen molar-refractivity contribution in [3.05, 3.63) is 0 Å². The molecule has 1 rings (SSSR count). The van der Waals surface area contributed by atoms with Crippen LogP contribution in [0.15, 0.2) is 0 Å². The fourth-order valence-corrected chi connectivity index (χ4v) is 1.27. The Morgan fingerprint density at radius 2 is 2.27 bits per heavy atom. The average molecular weight is 158 g/mol. The first kappa shape index (κ1) is 8.97. The van der Waals surface area contributed by atoms with E-state index in [1.54, 1.807) is 0 Å². The third-order valence-electron chi connectivity index (χ3n) is 2.19. The molecule has 0 aromatic rings. The summed E-state index contributed by atoms with van der Waals surface area (Å²) in [6, 6.07) is 0. The molecule has 0 aliphatic carbocycles. The zero-order valence-electron chi connectivity index (χ0n) is 7.47. The highest BCUT2D eigenvalue weighted by atomic mass is 16.5. The van der Waals surface area contributed by atoms with Crippen molar-refractivity contribution in [1.82, 2.24) is 4.90 Å². The lowest BCUT2D eigenvalue weighted by molar-refractivity contribution is 0.172. The second-order valence-electron chi connectivity index (χ2n) is 3.72. The van der Waals surface area contributed by atoms with Crippen LogP contribution < -0.4 is 5.73 Å². The SMILES string of the molecule is CN(C)CCC1(N)CCOC1. The van der Waals surface area contributed by atoms with Gasteiger partial charge < -0.3 is 15.4 Å². The molecule has 3 heteroatoms. The van der Waals surface area contributed by atoms with Gasteiger partial charge >= 0.3 is 0 Å². The zero-order valence-corrected chi connectivity index (χ0v) is 7.47. The predicted molar refractivity (Wildman–Crippen MR) is 45.5 cm³/mol. The third kappa shape index (κ3) is 2.77. The average Bonchev–Trinajstić information content (AvgIpc) is 2.33. The van der Waals surface area contributed by atoms with Gasteiger partial charge in [0.2, 0.25) is 0 Å². The maximum absolute atomic E-state index is 6.06. The van der Waals surface area contributed by atoms with Crippen molar-refractivity contribution in [3.8, 4) is 0 Å². The first-order chi connectivity index (χ1) is 5.12. The normalized spacial score (nSPS) is 31.6. The van der Waals surface area contributed by atoms with Crippen molar-refractivity contribution in [2.75, 3.05) is 33.9 Å². The summed E-state index contributed by atoms with van der Waals surface area (Å²) in [5, 5.41) is 0. The minimum Gasteiger partial charge on any atom is -0.379 e. The molecule has 0 amide bonds. The zero-order chi connectivity index (χ0) is 8.32. The van der Waals surface area contributed by atoms with Crippen molar-refractivity contribution in [1.29, 1.82) is 0 Å². The highest BCUT2D eigenvalue weighted by Crippen LogP contribution is 2.18. The fourth-order valence-electron chi connectivity index (χ4n) is 1.27. The van der Waals surface area contributed by atoms with Crippen molar-refractivity contribution < 1.29 is 4.74 Å². The van der Waals surface area contributed by atoms with Gasteiger partial charge in [0.05, 0.1) is 6.61 Å².